The van der Waals surface area contributed by atoms with Gasteiger partial charge in [-0.05, 0) is 0 Å². The van der Waals surface area contributed by atoms with Crippen molar-refractivity contribution in [3.8, 4) is 0 Å². The molecule has 0 fully saturated rings. The van der Waals surface area contributed by atoms with Gasteiger partial charge in [0.25, 0.3) is 0 Å². The molecule has 1 aromatic heterocycles. The molecule has 0 N–H and O–H groups in total. The van der Waals surface area contributed by atoms with E-state index in [-0.39, 0.29) is 0 Å². The van der Waals surface area contributed by atoms with Gasteiger partial charge < -0.3 is 4.42 Å². The second kappa shape index (κ2) is 0.839. The van der Waals surface area contributed by atoms with Gasteiger partial charge in [0.1, 0.15) is 0 Å². The Kier molecular flexibility index (Phi) is 0.400. The van der Waals surface area contributed by atoms with Gasteiger partial charge in [0.2, 0.25) is 0 Å². The van der Waals surface area contributed by atoms with Crippen LogP contribution in [0, 0.1) is 6.39 Å². The van der Waals surface area contributed by atoms with E-state index in [9.17, 15) is 0 Å². The number of hydrogen-bond donors (Lipinski definition) is 0. The first-order chi connectivity index (χ1) is 2.50. The maximum absolute atomic E-state index is 4.24. The molecular weight excluding hydrogens is 68.0 g/mol. The van der Waals surface area contributed by atoms with Crippen molar-refractivity contribution in [3.63, 3.8) is 0 Å². The average molecular weight is 69.0 g/mol. The second-order valence-corrected chi connectivity index (χ2v) is 0.530. The Balaban J connectivity index is 3.13. The van der Waals surface area contributed by atoms with E-state index in [0.717, 1.165) is 0 Å². The quantitative estimate of drug-likeness (QED) is 0.398. The summed E-state index contributed by atoms with van der Waals surface area (Å²) in [5.41, 5.74) is 0. The highest BCUT2D eigenvalue weighted by Gasteiger charge is 1.46. The van der Waals surface area contributed by atoms with Gasteiger partial charge in [-0.15, -0.1) is 0 Å². The predicted octanol–water partition coefficient (Wildman–Crippen LogP) is -0.130. The molecule has 0 aliphatic heterocycles. The molecule has 1 rings (SSSR count). The molecule has 0 amide bonds. The Bertz CT molecular complexity index is 64.1. The molecule has 0 spiro atoms. The molecule has 0 aliphatic carbocycles. The summed E-state index contributed by atoms with van der Waals surface area (Å²) in [6.07, 6.45) is 3.33. The van der Waals surface area contributed by atoms with E-state index in [2.05, 4.69) is 21.0 Å². The summed E-state index contributed by atoms with van der Waals surface area (Å²) in [7, 11) is 0. The third kappa shape index (κ3) is 0.238. The minimum atomic E-state index is 1.21. The fourth-order valence-electron chi connectivity index (χ4n) is 0.118. The molecule has 0 aromatic carbocycles. The number of nitrogens with zero attached hydrogens (tertiary/aromatic N) is 2. The van der Waals surface area contributed by atoms with E-state index in [1.54, 1.807) is 0 Å². The Morgan fingerprint density at radius 2 is 2.80 bits per heavy atom. The molecule has 0 radical (unpaired) electrons. The number of rotatable bonds is 0. The van der Waals surface area contributed by atoms with Crippen LogP contribution >= 0.6 is 0 Å². The summed E-state index contributed by atoms with van der Waals surface area (Å²) in [6, 6.07) is 0. The molecule has 0 saturated heterocycles. The Morgan fingerprint density at radius 3 is 3.00 bits per heavy atom. The molecule has 0 bridgehead atoms. The smallest absolute Gasteiger partial charge is 0.0549 e. The van der Waals surface area contributed by atoms with E-state index in [1.807, 2.05) is 0 Å². The molecule has 0 saturated carbocycles. The lowest BCUT2D eigenvalue weighted by molar-refractivity contribution is 0.543. The zero-order chi connectivity index (χ0) is 3.54. The van der Waals surface area contributed by atoms with Crippen LogP contribution in [0.5, 0.6) is 0 Å². The van der Waals surface area contributed by atoms with E-state index in [0.29, 0.717) is 0 Å². The van der Waals surface area contributed by atoms with Gasteiger partial charge in [-0.25, -0.2) is 10.2 Å². The molecule has 26 valence electrons. The van der Waals surface area contributed by atoms with E-state index in [4.69, 9.17) is 0 Å². The van der Waals surface area contributed by atoms with Crippen molar-refractivity contribution >= 4 is 0 Å². The predicted molar refractivity (Wildman–Crippen MR) is 13.1 cm³/mol. The standard InChI is InChI=1S/C2HN2O/c1-3-4-2-5-1/h1H/q-1. The summed E-state index contributed by atoms with van der Waals surface area (Å²) < 4.78 is 4.24. The van der Waals surface area contributed by atoms with Gasteiger partial charge in [0.05, 0.1) is 6.39 Å². The summed E-state index contributed by atoms with van der Waals surface area (Å²) >= 11 is 0. The molecular formula is C2HN2O-. The van der Waals surface area contributed by atoms with Crippen molar-refractivity contribution in [1.29, 1.82) is 0 Å². The second-order valence-electron chi connectivity index (χ2n) is 0.530. The van der Waals surface area contributed by atoms with Crippen LogP contribution in [0.15, 0.2) is 10.8 Å². The summed E-state index contributed by atoms with van der Waals surface area (Å²) in [5, 5.41) is 6.43. The van der Waals surface area contributed by atoms with E-state index >= 15 is 0 Å². The lowest BCUT2D eigenvalue weighted by atomic mass is 11.5. The summed E-state index contributed by atoms with van der Waals surface area (Å²) in [5.74, 6) is 0. The van der Waals surface area contributed by atoms with Gasteiger partial charge in [0, 0.05) is 6.39 Å². The Morgan fingerprint density at radius 1 is 1.80 bits per heavy atom. The van der Waals surface area contributed by atoms with Gasteiger partial charge in [-0.2, -0.15) is 0 Å². The maximum atomic E-state index is 4.24. The zero-order valence-electron chi connectivity index (χ0n) is 2.38. The van der Waals surface area contributed by atoms with E-state index in [1.165, 1.54) is 6.39 Å². The highest BCUT2D eigenvalue weighted by Crippen LogP contribution is 1.62. The van der Waals surface area contributed by atoms with Crippen LogP contribution in [0.4, 0.5) is 0 Å². The topological polar surface area (TPSA) is 38.9 Å². The number of aromatic nitrogens is 2. The Hall–Kier alpha value is -0.860. The average Bonchev–Trinajstić information content (AvgIpc) is 1.76. The van der Waals surface area contributed by atoms with Gasteiger partial charge >= 0.3 is 0 Å². The fraction of sp³-hybridized carbons (Fsp3) is 0. The molecule has 0 atom stereocenters. The molecule has 3 heteroatoms. The van der Waals surface area contributed by atoms with Crippen molar-refractivity contribution in [2.24, 2.45) is 0 Å². The van der Waals surface area contributed by atoms with Gasteiger partial charge in [-0.1, -0.05) is 0 Å². The van der Waals surface area contributed by atoms with Crippen molar-refractivity contribution in [2.75, 3.05) is 0 Å². The zero-order valence-corrected chi connectivity index (χ0v) is 2.38. The third-order valence-electron chi connectivity index (χ3n) is 0.251. The summed E-state index contributed by atoms with van der Waals surface area (Å²) in [6.45, 7) is 0. The van der Waals surface area contributed by atoms with Crippen LogP contribution in [0.3, 0.4) is 0 Å². The highest BCUT2D eigenvalue weighted by molar-refractivity contribution is 4.26. The number of hydrogen-bond acceptors (Lipinski definition) is 3. The minimum Gasteiger partial charge on any atom is -0.615 e. The first kappa shape index (κ1) is 2.38. The lowest BCUT2D eigenvalue weighted by Gasteiger charge is -1.60. The van der Waals surface area contributed by atoms with Crippen LogP contribution in [0.2, 0.25) is 0 Å². The summed E-state index contributed by atoms with van der Waals surface area (Å²) in [4.78, 5) is 0. The van der Waals surface area contributed by atoms with E-state index < -0.39 is 0 Å². The van der Waals surface area contributed by atoms with Crippen molar-refractivity contribution in [1.82, 2.24) is 10.2 Å². The fourth-order valence-corrected chi connectivity index (χ4v) is 0.118. The van der Waals surface area contributed by atoms with Gasteiger partial charge in [-0.3, -0.25) is 0 Å². The van der Waals surface area contributed by atoms with Crippen molar-refractivity contribution in [2.45, 2.75) is 0 Å². The van der Waals surface area contributed by atoms with Crippen molar-refractivity contribution < 1.29 is 4.42 Å². The Labute approximate surface area is 28.6 Å². The highest BCUT2D eigenvalue weighted by atomic mass is 16.3. The largest absolute Gasteiger partial charge is 0.615 e. The molecule has 1 aromatic rings. The minimum absolute atomic E-state index is 1.21. The van der Waals surface area contributed by atoms with Gasteiger partial charge in [0.15, 0.2) is 0 Å². The first-order valence-electron chi connectivity index (χ1n) is 1.12. The molecule has 5 heavy (non-hydrogen) atoms. The molecule has 0 aliphatic rings. The lowest BCUT2D eigenvalue weighted by Crippen LogP contribution is -1.54. The van der Waals surface area contributed by atoms with Crippen LogP contribution < -0.4 is 0 Å². The van der Waals surface area contributed by atoms with Crippen LogP contribution in [-0.4, -0.2) is 10.2 Å². The third-order valence-corrected chi connectivity index (χ3v) is 0.251. The maximum Gasteiger partial charge on any atom is 0.0549 e. The molecule has 1 heterocycles. The first-order valence-corrected chi connectivity index (χ1v) is 1.12. The SMILES string of the molecule is [c-]1nnco1. The van der Waals surface area contributed by atoms with Crippen molar-refractivity contribution in [3.05, 3.63) is 12.8 Å². The normalized spacial score (nSPS) is 8.00. The van der Waals surface area contributed by atoms with Crippen LogP contribution in [-0.2, 0) is 0 Å². The van der Waals surface area contributed by atoms with Crippen LogP contribution in [0.1, 0.15) is 0 Å². The molecule has 3 nitrogen and oxygen atoms in total. The monoisotopic (exact) mass is 69.0 g/mol. The van der Waals surface area contributed by atoms with Crippen LogP contribution in [0.25, 0.3) is 0 Å². The molecule has 0 unspecified atom stereocenters.